The fourth-order valence-electron chi connectivity index (χ4n) is 14.1. The molecule has 0 saturated carbocycles. The number of carbonyl (C=O) groups is 5. The van der Waals surface area contributed by atoms with Gasteiger partial charge in [-0.3, -0.25) is 33.6 Å². The number of methoxy groups -OCH3 is 2. The van der Waals surface area contributed by atoms with E-state index in [-0.39, 0.29) is 71.0 Å². The van der Waals surface area contributed by atoms with Crippen LogP contribution in [0.1, 0.15) is 132 Å². The molecule has 0 bridgehead atoms. The van der Waals surface area contributed by atoms with E-state index in [4.69, 9.17) is 25.7 Å². The van der Waals surface area contributed by atoms with Gasteiger partial charge in [0.1, 0.15) is 5.75 Å². The summed E-state index contributed by atoms with van der Waals surface area (Å²) in [6, 6.07) is 51.9. The van der Waals surface area contributed by atoms with E-state index >= 15 is 0 Å². The van der Waals surface area contributed by atoms with Crippen molar-refractivity contribution in [2.75, 3.05) is 33.9 Å². The number of H-pyrrole nitrogens is 2. The number of benzene rings is 6. The number of aromatic amines is 2. The van der Waals surface area contributed by atoms with Crippen LogP contribution in [0.5, 0.6) is 5.75 Å². The minimum absolute atomic E-state index is 0.0441. The summed E-state index contributed by atoms with van der Waals surface area (Å²) in [4.78, 5) is 99.4. The summed E-state index contributed by atoms with van der Waals surface area (Å²) in [5.74, 6) is -1.94. The van der Waals surface area contributed by atoms with Crippen LogP contribution in [0.3, 0.4) is 0 Å². The second-order valence-electron chi connectivity index (χ2n) is 26.3. The standard InChI is InChI=1S/C29H30N2O3.C28H29N3O5.C26H29N3O2/c1-20(30)25-11-6-8-21(18-25)19-26(29(33)34-2)27-12-7-17-31(27)28(32)24-15-13-23(14-16-24)22-9-4-3-5-10-22;1-17(29)20-9-11-25(32)22(14-20)15-23(28(35)36-2)24-4-3-13-31(24)27(34)19-7-5-18(6-8-19)21-10-12-26(33)30-16-21;1-18(27)22-5-2-4-19(16-22)7-13-24-6-3-15-29(24)26(31)21-10-8-20(9-11-21)23-12-14-25(30)28-17-23/h3-6,8-11,13-16,18,26-27,30H,7,12,17,19H2,1-2H3;5-12,14,16,23-24,29,32H,3-4,13,15H2,1-2H3,(H,30,33);2,4-5,8-10,12,14,16-17,21,24,27H,3,6-7,11,13,15H2,1H3,(H,28,30)/t26?,27-;23?,24-;/m11./s1. The van der Waals surface area contributed by atoms with E-state index in [0.717, 1.165) is 102 Å². The van der Waals surface area contributed by atoms with E-state index in [9.17, 15) is 38.7 Å². The first-order valence-electron chi connectivity index (χ1n) is 34.5. The molecule has 6 N–H and O–H groups in total. The van der Waals surface area contributed by atoms with Crippen LogP contribution in [-0.2, 0) is 43.1 Å². The molecule has 0 spiro atoms. The molecular weight excluding hydrogens is 1270 g/mol. The van der Waals surface area contributed by atoms with Gasteiger partial charge in [0.05, 0.1) is 32.0 Å². The largest absolute Gasteiger partial charge is 0.508 e. The third kappa shape index (κ3) is 18.4. The summed E-state index contributed by atoms with van der Waals surface area (Å²) in [6.45, 7) is 7.20. The van der Waals surface area contributed by atoms with E-state index < -0.39 is 17.8 Å². The quantitative estimate of drug-likeness (QED) is 0.0310. The Labute approximate surface area is 589 Å². The maximum Gasteiger partial charge on any atom is 0.311 e. The SMILES string of the molecule is CC(=N)c1cccc(CCC2CCCN2C(=O)C2C=CC(c3ccc(=O)[nH]c3)=CC2)c1.COC(=O)C(Cc1cc(C(C)=N)ccc1O)[C@H]1CCCN1C(=O)c1ccc(-c2ccc(=O)[nH]c2)cc1.COC(=O)C(Cc1cccc(C(C)=N)c1)[C@H]1CCCN1C(=O)c1ccc(-c2ccccc2)cc1. The summed E-state index contributed by atoms with van der Waals surface area (Å²) in [6.07, 6.45) is 17.8. The highest BCUT2D eigenvalue weighted by molar-refractivity contribution is 5.99. The molecule has 4 unspecified atom stereocenters. The van der Waals surface area contributed by atoms with Crippen LogP contribution >= 0.6 is 0 Å². The zero-order valence-corrected chi connectivity index (χ0v) is 57.9. The Balaban J connectivity index is 0.000000164. The highest BCUT2D eigenvalue weighted by Gasteiger charge is 2.42. The van der Waals surface area contributed by atoms with Gasteiger partial charge in [0, 0.05) is 90.5 Å². The van der Waals surface area contributed by atoms with Gasteiger partial charge in [-0.15, -0.1) is 0 Å². The van der Waals surface area contributed by atoms with Gasteiger partial charge in [-0.05, 0) is 225 Å². The molecule has 101 heavy (non-hydrogen) atoms. The average Bonchev–Trinajstić information content (AvgIpc) is 1.75. The van der Waals surface area contributed by atoms with Gasteiger partial charge in [-0.1, -0.05) is 109 Å². The molecule has 5 heterocycles. The van der Waals surface area contributed by atoms with E-state index in [1.54, 1.807) is 61.5 Å². The second-order valence-corrected chi connectivity index (χ2v) is 26.3. The minimum Gasteiger partial charge on any atom is -0.508 e. The van der Waals surface area contributed by atoms with E-state index in [2.05, 4.69) is 33.1 Å². The van der Waals surface area contributed by atoms with Crippen LogP contribution in [0.2, 0.25) is 0 Å². The molecule has 2 aromatic heterocycles. The van der Waals surface area contributed by atoms with Crippen LogP contribution in [0, 0.1) is 34.0 Å². The highest BCUT2D eigenvalue weighted by atomic mass is 16.5. The van der Waals surface area contributed by atoms with Crippen LogP contribution in [0.15, 0.2) is 210 Å². The summed E-state index contributed by atoms with van der Waals surface area (Å²) < 4.78 is 10.2. The minimum atomic E-state index is -0.658. The van der Waals surface area contributed by atoms with Crippen molar-refractivity contribution in [2.24, 2.45) is 17.8 Å². The Hall–Kier alpha value is -11.1. The first-order valence-corrected chi connectivity index (χ1v) is 34.5. The fourth-order valence-corrected chi connectivity index (χ4v) is 14.1. The monoisotopic (exact) mass is 1360 g/mol. The number of amides is 3. The molecule has 12 rings (SSSR count). The molecule has 3 fully saturated rings. The predicted molar refractivity (Wildman–Crippen MR) is 395 cm³/mol. The third-order valence-electron chi connectivity index (χ3n) is 19.6. The van der Waals surface area contributed by atoms with Crippen molar-refractivity contribution < 1.29 is 38.6 Å². The molecule has 6 aromatic carbocycles. The van der Waals surface area contributed by atoms with Crippen molar-refractivity contribution in [3.05, 3.63) is 271 Å². The smallest absolute Gasteiger partial charge is 0.311 e. The number of hydrogen-bond donors (Lipinski definition) is 6. The van der Waals surface area contributed by atoms with Crippen LogP contribution in [0.4, 0.5) is 0 Å². The van der Waals surface area contributed by atoms with Crippen molar-refractivity contribution in [1.82, 2.24) is 24.7 Å². The summed E-state index contributed by atoms with van der Waals surface area (Å²) in [5, 5.41) is 34.1. The predicted octanol–water partition coefficient (Wildman–Crippen LogP) is 13.5. The van der Waals surface area contributed by atoms with Gasteiger partial charge in [0.2, 0.25) is 17.0 Å². The molecular formula is C83H88N8O10. The number of phenolic OH excluding ortho intramolecular Hbond substituents is 1. The Morgan fingerprint density at radius 3 is 1.51 bits per heavy atom. The fraction of sp³-hybridized carbons (Fsp3) is 0.301. The Kier molecular flexibility index (Phi) is 24.5. The van der Waals surface area contributed by atoms with Crippen LogP contribution < -0.4 is 11.1 Å². The maximum atomic E-state index is 13.5. The van der Waals surface area contributed by atoms with Gasteiger partial charge in [0.15, 0.2) is 0 Å². The molecule has 3 amide bonds. The Morgan fingerprint density at radius 1 is 0.515 bits per heavy atom. The number of esters is 2. The van der Waals surface area contributed by atoms with Crippen LogP contribution in [0.25, 0.3) is 27.8 Å². The number of nitrogens with zero attached hydrogens (tertiary/aromatic N) is 3. The lowest BCUT2D eigenvalue weighted by Crippen LogP contribution is -2.44. The van der Waals surface area contributed by atoms with Gasteiger partial charge < -0.3 is 55.5 Å². The Bertz CT molecular complexity index is 4480. The lowest BCUT2D eigenvalue weighted by molar-refractivity contribution is -0.148. The first kappa shape index (κ1) is 72.6. The number of nitrogens with one attached hydrogen (secondary N) is 5. The Morgan fingerprint density at radius 2 is 0.990 bits per heavy atom. The zero-order chi connectivity index (χ0) is 71.7. The second kappa shape index (κ2) is 34.1. The average molecular weight is 1360 g/mol. The lowest BCUT2D eigenvalue weighted by Gasteiger charge is -2.30. The number of aromatic nitrogens is 2. The zero-order valence-electron chi connectivity index (χ0n) is 57.9. The van der Waals surface area contributed by atoms with E-state index in [1.807, 2.05) is 133 Å². The number of rotatable bonds is 20. The molecule has 8 aromatic rings. The number of hydrogen-bond acceptors (Lipinski definition) is 13. The van der Waals surface area contributed by atoms with Gasteiger partial charge in [-0.25, -0.2) is 0 Å². The van der Waals surface area contributed by atoms with Crippen molar-refractivity contribution in [2.45, 2.75) is 110 Å². The molecule has 520 valence electrons. The summed E-state index contributed by atoms with van der Waals surface area (Å²) in [7, 11) is 2.72. The van der Waals surface area contributed by atoms with Gasteiger partial charge in [0.25, 0.3) is 11.8 Å². The highest BCUT2D eigenvalue weighted by Crippen LogP contribution is 2.35. The molecule has 6 atom stereocenters. The van der Waals surface area contributed by atoms with Crippen molar-refractivity contribution in [3.63, 3.8) is 0 Å². The number of pyridine rings is 2. The molecule has 18 heteroatoms. The normalized spacial score (nSPS) is 17.4. The van der Waals surface area contributed by atoms with Gasteiger partial charge >= 0.3 is 11.9 Å². The number of aromatic hydroxyl groups is 1. The maximum absolute atomic E-state index is 13.5. The van der Waals surface area contributed by atoms with Crippen molar-refractivity contribution in [3.8, 4) is 28.0 Å². The number of carbonyl (C=O) groups excluding carboxylic acids is 5. The topological polar surface area (TPSA) is 271 Å². The molecule has 3 aliphatic heterocycles. The first-order chi connectivity index (χ1) is 48.8. The lowest BCUT2D eigenvalue weighted by atomic mass is 9.89. The van der Waals surface area contributed by atoms with Gasteiger partial charge in [-0.2, -0.15) is 0 Å². The van der Waals surface area contributed by atoms with E-state index in [1.165, 1.54) is 38.0 Å². The van der Waals surface area contributed by atoms with Crippen LogP contribution in [-0.4, -0.2) is 129 Å². The van der Waals surface area contributed by atoms with E-state index in [0.29, 0.717) is 71.7 Å². The summed E-state index contributed by atoms with van der Waals surface area (Å²) >= 11 is 0. The molecule has 18 nitrogen and oxygen atoms in total. The molecule has 1 aliphatic carbocycles. The molecule has 3 saturated heterocycles. The van der Waals surface area contributed by atoms with Crippen molar-refractivity contribution in [1.29, 1.82) is 16.2 Å². The molecule has 4 aliphatic rings. The number of likely N-dealkylation sites (tertiary alicyclic amines) is 3. The van der Waals surface area contributed by atoms with Crippen molar-refractivity contribution >= 4 is 52.4 Å². The molecule has 0 radical (unpaired) electrons. The summed E-state index contributed by atoms with van der Waals surface area (Å²) in [5.41, 5.74) is 13.3. The number of ether oxygens (including phenoxy) is 2. The number of aryl methyl sites for hydroxylation is 1. The third-order valence-corrected chi connectivity index (χ3v) is 19.6. The number of allylic oxidation sites excluding steroid dienone is 3. The number of phenols is 1.